The Bertz CT molecular complexity index is 1090. The molecule has 0 aliphatic heterocycles. The number of pyridine rings is 2. The van der Waals surface area contributed by atoms with Crippen molar-refractivity contribution < 1.29 is 18.7 Å². The van der Waals surface area contributed by atoms with Crippen LogP contribution in [0.3, 0.4) is 0 Å². The van der Waals surface area contributed by atoms with Crippen LogP contribution in [-0.4, -0.2) is 34.9 Å². The van der Waals surface area contributed by atoms with Crippen molar-refractivity contribution in [3.63, 3.8) is 0 Å². The van der Waals surface area contributed by atoms with Crippen molar-refractivity contribution >= 4 is 11.8 Å². The molecule has 1 aliphatic rings. The Balaban J connectivity index is 1.41. The maximum atomic E-state index is 12.8. The molecular weight excluding hydrogens is 432 g/mol. The Morgan fingerprint density at radius 1 is 1.06 bits per heavy atom. The van der Waals surface area contributed by atoms with Gasteiger partial charge < -0.3 is 19.8 Å². The van der Waals surface area contributed by atoms with Crippen molar-refractivity contribution in [1.82, 2.24) is 20.6 Å². The van der Waals surface area contributed by atoms with Crippen molar-refractivity contribution in [1.29, 1.82) is 0 Å². The van der Waals surface area contributed by atoms with Gasteiger partial charge in [0.25, 0.3) is 5.91 Å². The largest absolute Gasteiger partial charge is 0.484 e. The lowest BCUT2D eigenvalue weighted by Gasteiger charge is -2.29. The van der Waals surface area contributed by atoms with Crippen molar-refractivity contribution in [2.24, 2.45) is 5.92 Å². The van der Waals surface area contributed by atoms with Crippen LogP contribution in [0.25, 0.3) is 11.5 Å². The van der Waals surface area contributed by atoms with E-state index in [2.05, 4.69) is 20.6 Å². The first-order chi connectivity index (χ1) is 16.5. The molecule has 0 unspecified atom stereocenters. The van der Waals surface area contributed by atoms with Gasteiger partial charge in [-0.2, -0.15) is 0 Å². The molecule has 2 atom stereocenters. The van der Waals surface area contributed by atoms with E-state index in [4.69, 9.17) is 9.15 Å². The number of nitrogens with zero attached hydrogens (tertiary/aromatic N) is 2. The van der Waals surface area contributed by atoms with Gasteiger partial charge in [-0.25, -0.2) is 4.98 Å². The van der Waals surface area contributed by atoms with Gasteiger partial charge in [0.15, 0.2) is 11.5 Å². The van der Waals surface area contributed by atoms with E-state index in [1.165, 1.54) is 6.42 Å². The van der Waals surface area contributed by atoms with Gasteiger partial charge in [0.1, 0.15) is 23.6 Å². The Kier molecular flexibility index (Phi) is 7.57. The van der Waals surface area contributed by atoms with E-state index < -0.39 is 11.9 Å². The van der Waals surface area contributed by atoms with Crippen LogP contribution in [0.2, 0.25) is 0 Å². The predicted molar refractivity (Wildman–Crippen MR) is 127 cm³/mol. The lowest BCUT2D eigenvalue weighted by Crippen LogP contribution is -2.50. The van der Waals surface area contributed by atoms with Crippen molar-refractivity contribution in [2.45, 2.75) is 51.2 Å². The number of carbonyl (C=O) groups excluding carboxylic acids is 2. The number of nitrogens with one attached hydrogen (secondary N) is 2. The topological polar surface area (TPSA) is 106 Å². The van der Waals surface area contributed by atoms with Crippen LogP contribution in [0.1, 0.15) is 61.3 Å². The molecule has 0 radical (unpaired) electrons. The summed E-state index contributed by atoms with van der Waals surface area (Å²) in [5.41, 5.74) is 1.60. The Morgan fingerprint density at radius 2 is 1.82 bits per heavy atom. The minimum absolute atomic E-state index is 0.135. The first-order valence-electron chi connectivity index (χ1n) is 11.7. The highest BCUT2D eigenvalue weighted by atomic mass is 16.5. The maximum absolute atomic E-state index is 12.8. The van der Waals surface area contributed by atoms with E-state index in [0.717, 1.165) is 31.2 Å². The molecule has 8 heteroatoms. The predicted octanol–water partition coefficient (Wildman–Crippen LogP) is 4.30. The van der Waals surface area contributed by atoms with Gasteiger partial charge in [-0.3, -0.25) is 14.6 Å². The van der Waals surface area contributed by atoms with Crippen LogP contribution in [0.5, 0.6) is 5.75 Å². The number of ether oxygens (including phenoxy) is 1. The zero-order chi connectivity index (χ0) is 23.9. The van der Waals surface area contributed by atoms with E-state index >= 15 is 0 Å². The van der Waals surface area contributed by atoms with E-state index in [1.807, 2.05) is 25.1 Å². The zero-order valence-electron chi connectivity index (χ0n) is 19.5. The number of carbonyl (C=O) groups is 2. The molecule has 2 N–H and O–H groups in total. The molecule has 0 aromatic carbocycles. The zero-order valence-corrected chi connectivity index (χ0v) is 19.5. The average Bonchev–Trinajstić information content (AvgIpc) is 3.39. The van der Waals surface area contributed by atoms with Crippen molar-refractivity contribution in [3.8, 4) is 17.2 Å². The summed E-state index contributed by atoms with van der Waals surface area (Å²) in [6, 6.07) is 10.1. The fourth-order valence-corrected chi connectivity index (χ4v) is 4.33. The van der Waals surface area contributed by atoms with E-state index in [9.17, 15) is 9.59 Å². The van der Waals surface area contributed by atoms with Gasteiger partial charge >= 0.3 is 0 Å². The highest BCUT2D eigenvalue weighted by Gasteiger charge is 2.31. The summed E-state index contributed by atoms with van der Waals surface area (Å²) in [5, 5.41) is 5.55. The molecule has 1 saturated carbocycles. The molecule has 4 rings (SSSR count). The molecule has 0 spiro atoms. The summed E-state index contributed by atoms with van der Waals surface area (Å²) in [6.07, 6.45) is 10.1. The number of likely N-dealkylation sites (N-methyl/N-ethyl adjacent to an activating group) is 1. The molecule has 34 heavy (non-hydrogen) atoms. The third kappa shape index (κ3) is 5.62. The third-order valence-corrected chi connectivity index (χ3v) is 6.24. The summed E-state index contributed by atoms with van der Waals surface area (Å²) in [4.78, 5) is 33.7. The lowest BCUT2D eigenvalue weighted by molar-refractivity contribution is -0.124. The number of amides is 2. The second-order valence-corrected chi connectivity index (χ2v) is 8.55. The quantitative estimate of drug-likeness (QED) is 0.517. The molecule has 0 bridgehead atoms. The number of rotatable bonds is 8. The highest BCUT2D eigenvalue weighted by molar-refractivity contribution is 5.96. The fourth-order valence-electron chi connectivity index (χ4n) is 4.33. The van der Waals surface area contributed by atoms with Gasteiger partial charge in [0.2, 0.25) is 5.91 Å². The molecule has 2 amide bonds. The van der Waals surface area contributed by atoms with E-state index in [-0.39, 0.29) is 23.7 Å². The number of furan rings is 1. The van der Waals surface area contributed by atoms with Gasteiger partial charge in [-0.05, 0) is 67.6 Å². The molecule has 0 saturated heterocycles. The second-order valence-electron chi connectivity index (χ2n) is 8.55. The molecule has 8 nitrogen and oxygen atoms in total. The molecule has 178 valence electrons. The average molecular weight is 463 g/mol. The van der Waals surface area contributed by atoms with Gasteiger partial charge in [-0.15, -0.1) is 0 Å². The minimum Gasteiger partial charge on any atom is -0.484 e. The first kappa shape index (κ1) is 23.5. The summed E-state index contributed by atoms with van der Waals surface area (Å²) in [5.74, 6) is 0.789. The summed E-state index contributed by atoms with van der Waals surface area (Å²) in [6.45, 7) is 1.96. The van der Waals surface area contributed by atoms with Crippen LogP contribution in [0.15, 0.2) is 59.4 Å². The lowest BCUT2D eigenvalue weighted by atomic mass is 9.83. The molecule has 1 aliphatic carbocycles. The van der Waals surface area contributed by atoms with Crippen LogP contribution >= 0.6 is 0 Å². The highest BCUT2D eigenvalue weighted by Crippen LogP contribution is 2.28. The number of aromatic nitrogens is 2. The third-order valence-electron chi connectivity index (χ3n) is 6.24. The van der Waals surface area contributed by atoms with Gasteiger partial charge in [0, 0.05) is 19.4 Å². The second kappa shape index (κ2) is 11.0. The van der Waals surface area contributed by atoms with Gasteiger partial charge in [0.05, 0.1) is 6.20 Å². The maximum Gasteiger partial charge on any atom is 0.287 e. The van der Waals surface area contributed by atoms with Crippen LogP contribution in [-0.2, 0) is 4.79 Å². The van der Waals surface area contributed by atoms with E-state index in [0.29, 0.717) is 17.2 Å². The first-order valence-corrected chi connectivity index (χ1v) is 11.7. The summed E-state index contributed by atoms with van der Waals surface area (Å²) >= 11 is 0. The van der Waals surface area contributed by atoms with Crippen LogP contribution in [0, 0.1) is 5.92 Å². The monoisotopic (exact) mass is 462 g/mol. The molecular formula is C26H30N4O4. The van der Waals surface area contributed by atoms with Crippen molar-refractivity contribution in [3.05, 3.63) is 66.3 Å². The summed E-state index contributed by atoms with van der Waals surface area (Å²) < 4.78 is 11.7. The van der Waals surface area contributed by atoms with E-state index in [1.54, 1.807) is 43.8 Å². The van der Waals surface area contributed by atoms with Gasteiger partial charge in [-0.1, -0.05) is 19.3 Å². The smallest absolute Gasteiger partial charge is 0.287 e. The number of hydrogen-bond acceptors (Lipinski definition) is 6. The Morgan fingerprint density at radius 3 is 2.50 bits per heavy atom. The summed E-state index contributed by atoms with van der Waals surface area (Å²) in [7, 11) is 1.59. The molecule has 3 aromatic rings. The minimum atomic E-state index is -0.566. The van der Waals surface area contributed by atoms with Crippen LogP contribution < -0.4 is 15.4 Å². The fraction of sp³-hybridized carbons (Fsp3) is 0.385. The number of hydrogen-bond donors (Lipinski definition) is 2. The Labute approximate surface area is 199 Å². The molecule has 1 fully saturated rings. The molecule has 3 aromatic heterocycles. The molecule has 3 heterocycles. The van der Waals surface area contributed by atoms with Crippen LogP contribution in [0.4, 0.5) is 0 Å². The SMILES string of the molecule is CNC(=O)[C@@H](NC(=O)c1ccc(-c2ccc(O[C@@H](C)c3ccncc3)cn2)o1)C1CCCCC1. The van der Waals surface area contributed by atoms with Crippen molar-refractivity contribution in [2.75, 3.05) is 7.05 Å². The normalized spacial score (nSPS) is 15.8. The Hall–Kier alpha value is -3.68. The standard InChI is InChI=1S/C26H30N4O4/c1-17(18-12-14-28-15-13-18)33-20-8-9-21(29-16-20)22-10-11-23(34-22)25(31)30-24(26(32)27-2)19-6-4-3-5-7-19/h8-17,19,24H,3-7H2,1-2H3,(H,27,32)(H,30,31)/t17-,24-/m0/s1.